The minimum atomic E-state index is -0.885. The smallest absolute Gasteiger partial charge is 0.271 e. The Bertz CT molecular complexity index is 1330. The van der Waals surface area contributed by atoms with Crippen molar-refractivity contribution in [2.45, 2.75) is 44.3 Å². The third-order valence-corrected chi connectivity index (χ3v) is 6.81. The van der Waals surface area contributed by atoms with Gasteiger partial charge in [-0.2, -0.15) is 0 Å². The van der Waals surface area contributed by atoms with Crippen molar-refractivity contribution in [3.63, 3.8) is 0 Å². The standard InChI is InChI=1S/C30H29FN4O2/c31-24-12-10-21(11-13-24)20-35(30(37)27-15-14-26(34-27)22-6-2-1-3-7-22)28(23-16-18-32-19-17-23)29(36)33-25-8-4-5-9-25/h1-3,6-7,10-19,25,28,34H,4-5,8-9,20H2,(H,33,36). The molecule has 0 spiro atoms. The van der Waals surface area contributed by atoms with E-state index >= 15 is 0 Å². The maximum absolute atomic E-state index is 14.0. The van der Waals surface area contributed by atoms with E-state index in [1.165, 1.54) is 12.1 Å². The molecular formula is C30H29FN4O2. The van der Waals surface area contributed by atoms with Crippen molar-refractivity contribution in [1.29, 1.82) is 0 Å². The van der Waals surface area contributed by atoms with E-state index in [2.05, 4.69) is 15.3 Å². The maximum atomic E-state index is 14.0. The highest BCUT2D eigenvalue weighted by molar-refractivity contribution is 5.97. The van der Waals surface area contributed by atoms with Crippen molar-refractivity contribution in [1.82, 2.24) is 20.2 Å². The highest BCUT2D eigenvalue weighted by atomic mass is 19.1. The zero-order chi connectivity index (χ0) is 25.6. The summed E-state index contributed by atoms with van der Waals surface area (Å²) in [7, 11) is 0. The van der Waals surface area contributed by atoms with Gasteiger partial charge < -0.3 is 15.2 Å². The Morgan fingerprint density at radius 3 is 2.35 bits per heavy atom. The topological polar surface area (TPSA) is 78.1 Å². The fourth-order valence-electron chi connectivity index (χ4n) is 4.90. The summed E-state index contributed by atoms with van der Waals surface area (Å²) >= 11 is 0. The van der Waals surface area contributed by atoms with Crippen molar-refractivity contribution in [2.75, 3.05) is 0 Å². The van der Waals surface area contributed by atoms with Crippen LogP contribution in [0.4, 0.5) is 4.39 Å². The van der Waals surface area contributed by atoms with Crippen LogP contribution in [-0.4, -0.2) is 32.7 Å². The second-order valence-electron chi connectivity index (χ2n) is 9.38. The molecule has 2 amide bonds. The average molecular weight is 497 g/mol. The number of hydrogen-bond donors (Lipinski definition) is 2. The first kappa shape index (κ1) is 24.4. The van der Waals surface area contributed by atoms with E-state index in [0.29, 0.717) is 11.3 Å². The molecule has 2 heterocycles. The summed E-state index contributed by atoms with van der Waals surface area (Å²) in [5.74, 6) is -0.915. The average Bonchev–Trinajstić information content (AvgIpc) is 3.63. The molecule has 1 aliphatic rings. The lowest BCUT2D eigenvalue weighted by Crippen LogP contribution is -2.46. The number of nitrogens with zero attached hydrogens (tertiary/aromatic N) is 2. The predicted molar refractivity (Wildman–Crippen MR) is 140 cm³/mol. The van der Waals surface area contributed by atoms with Gasteiger partial charge in [-0.1, -0.05) is 55.3 Å². The lowest BCUT2D eigenvalue weighted by Gasteiger charge is -2.32. The maximum Gasteiger partial charge on any atom is 0.271 e. The van der Waals surface area contributed by atoms with Gasteiger partial charge in [0.2, 0.25) is 5.91 Å². The van der Waals surface area contributed by atoms with Crippen LogP contribution in [0.15, 0.2) is 91.3 Å². The Morgan fingerprint density at radius 2 is 1.65 bits per heavy atom. The molecule has 4 aromatic rings. The SMILES string of the molecule is O=C(NC1CCCC1)C(c1ccncc1)N(Cc1ccc(F)cc1)C(=O)c1ccc(-c2ccccc2)[nH]1. The largest absolute Gasteiger partial charge is 0.351 e. The van der Waals surface area contributed by atoms with Crippen molar-refractivity contribution < 1.29 is 14.0 Å². The molecule has 7 heteroatoms. The molecule has 5 rings (SSSR count). The van der Waals surface area contributed by atoms with Gasteiger partial charge in [-0.15, -0.1) is 0 Å². The Balaban J connectivity index is 1.52. The normalized spacial score (nSPS) is 14.3. The van der Waals surface area contributed by atoms with Crippen LogP contribution in [0.25, 0.3) is 11.3 Å². The first-order valence-electron chi connectivity index (χ1n) is 12.6. The molecule has 6 nitrogen and oxygen atoms in total. The molecular weight excluding hydrogens is 467 g/mol. The van der Waals surface area contributed by atoms with Crippen molar-refractivity contribution >= 4 is 11.8 Å². The Morgan fingerprint density at radius 1 is 0.946 bits per heavy atom. The molecule has 2 N–H and O–H groups in total. The summed E-state index contributed by atoms with van der Waals surface area (Å²) in [5, 5.41) is 3.17. The van der Waals surface area contributed by atoms with E-state index in [1.807, 2.05) is 36.4 Å². The lowest BCUT2D eigenvalue weighted by atomic mass is 10.0. The molecule has 0 bridgehead atoms. The van der Waals surface area contributed by atoms with Gasteiger partial charge >= 0.3 is 0 Å². The fraction of sp³-hybridized carbons (Fsp3) is 0.233. The molecule has 1 unspecified atom stereocenters. The van der Waals surface area contributed by atoms with Crippen molar-refractivity contribution in [3.8, 4) is 11.3 Å². The Kier molecular flexibility index (Phi) is 7.40. The molecule has 0 radical (unpaired) electrons. The van der Waals surface area contributed by atoms with Crippen LogP contribution in [0.3, 0.4) is 0 Å². The number of benzene rings is 2. The number of hydrogen-bond acceptors (Lipinski definition) is 3. The predicted octanol–water partition coefficient (Wildman–Crippen LogP) is 5.66. The Labute approximate surface area is 215 Å². The lowest BCUT2D eigenvalue weighted by molar-refractivity contribution is -0.126. The molecule has 2 aromatic carbocycles. The second kappa shape index (κ2) is 11.2. The van der Waals surface area contributed by atoms with E-state index < -0.39 is 6.04 Å². The van der Waals surface area contributed by atoms with Gasteiger partial charge in [0.1, 0.15) is 17.6 Å². The molecule has 0 saturated heterocycles. The van der Waals surface area contributed by atoms with E-state index in [9.17, 15) is 14.0 Å². The van der Waals surface area contributed by atoms with E-state index in [-0.39, 0.29) is 30.2 Å². The van der Waals surface area contributed by atoms with Gasteiger partial charge in [-0.25, -0.2) is 4.39 Å². The van der Waals surface area contributed by atoms with Crippen LogP contribution in [0, 0.1) is 5.82 Å². The quantitative estimate of drug-likeness (QED) is 0.331. The number of aromatic amines is 1. The summed E-state index contributed by atoms with van der Waals surface area (Å²) in [6.45, 7) is 0.129. The molecule has 1 aliphatic carbocycles. The summed E-state index contributed by atoms with van der Waals surface area (Å²) in [4.78, 5) is 36.7. The number of nitrogens with one attached hydrogen (secondary N) is 2. The zero-order valence-corrected chi connectivity index (χ0v) is 20.4. The molecule has 2 aromatic heterocycles. The van der Waals surface area contributed by atoms with Gasteiger partial charge in [0, 0.05) is 30.7 Å². The van der Waals surface area contributed by atoms with Gasteiger partial charge in [0.25, 0.3) is 5.91 Å². The number of carbonyl (C=O) groups is 2. The van der Waals surface area contributed by atoms with Gasteiger partial charge in [0.05, 0.1) is 0 Å². The monoisotopic (exact) mass is 496 g/mol. The van der Waals surface area contributed by atoms with Crippen LogP contribution in [0.1, 0.15) is 53.3 Å². The number of carbonyl (C=O) groups excluding carboxylic acids is 2. The number of halogens is 1. The van der Waals surface area contributed by atoms with Crippen LogP contribution in [-0.2, 0) is 11.3 Å². The summed E-state index contributed by atoms with van der Waals surface area (Å²) in [6, 6.07) is 22.1. The van der Waals surface area contributed by atoms with E-state index in [1.54, 1.807) is 47.6 Å². The number of H-pyrrole nitrogens is 1. The van der Waals surface area contributed by atoms with Gasteiger partial charge in [0.15, 0.2) is 0 Å². The molecule has 1 atom stereocenters. The third-order valence-electron chi connectivity index (χ3n) is 6.81. The van der Waals surface area contributed by atoms with Gasteiger partial charge in [-0.3, -0.25) is 14.6 Å². The van der Waals surface area contributed by atoms with E-state index in [0.717, 1.165) is 42.5 Å². The van der Waals surface area contributed by atoms with Crippen LogP contribution < -0.4 is 5.32 Å². The third kappa shape index (κ3) is 5.77. The summed E-state index contributed by atoms with van der Waals surface area (Å²) in [5.41, 5.74) is 3.51. The molecule has 1 saturated carbocycles. The van der Waals surface area contributed by atoms with Crippen LogP contribution >= 0.6 is 0 Å². The number of pyridine rings is 1. The summed E-state index contributed by atoms with van der Waals surface area (Å²) < 4.78 is 13.6. The molecule has 37 heavy (non-hydrogen) atoms. The fourth-order valence-corrected chi connectivity index (χ4v) is 4.90. The first-order chi connectivity index (χ1) is 18.1. The number of amides is 2. The molecule has 0 aliphatic heterocycles. The highest BCUT2D eigenvalue weighted by Gasteiger charge is 2.34. The van der Waals surface area contributed by atoms with Crippen LogP contribution in [0.5, 0.6) is 0 Å². The van der Waals surface area contributed by atoms with Crippen molar-refractivity contribution in [2.24, 2.45) is 0 Å². The minimum absolute atomic E-state index is 0.0924. The van der Waals surface area contributed by atoms with E-state index in [4.69, 9.17) is 0 Å². The minimum Gasteiger partial charge on any atom is -0.351 e. The van der Waals surface area contributed by atoms with Crippen LogP contribution in [0.2, 0.25) is 0 Å². The van der Waals surface area contributed by atoms with Crippen molar-refractivity contribution in [3.05, 3.63) is 114 Å². The van der Waals surface area contributed by atoms with Gasteiger partial charge in [-0.05, 0) is 65.9 Å². The first-order valence-corrected chi connectivity index (χ1v) is 12.6. The highest BCUT2D eigenvalue weighted by Crippen LogP contribution is 2.28. The summed E-state index contributed by atoms with van der Waals surface area (Å²) in [6.07, 6.45) is 7.25. The number of aromatic nitrogens is 2. The Hall–Kier alpha value is -4.26. The molecule has 188 valence electrons. The molecule has 1 fully saturated rings. The second-order valence-corrected chi connectivity index (χ2v) is 9.38. The number of rotatable bonds is 8. The zero-order valence-electron chi connectivity index (χ0n) is 20.4.